The molecule has 0 radical (unpaired) electrons. The Morgan fingerprint density at radius 3 is 2.32 bits per heavy atom. The summed E-state index contributed by atoms with van der Waals surface area (Å²) in [7, 11) is 0. The van der Waals surface area contributed by atoms with Crippen molar-refractivity contribution in [1.82, 2.24) is 9.47 Å². The molecular weight excluding hydrogens is 352 g/mol. The smallest absolute Gasteiger partial charge is 0.268 e. The summed E-state index contributed by atoms with van der Waals surface area (Å²) in [6.07, 6.45) is 5.64. The number of pyridine rings is 1. The van der Waals surface area contributed by atoms with Crippen LogP contribution in [0.5, 0.6) is 0 Å². The summed E-state index contributed by atoms with van der Waals surface area (Å²) in [6, 6.07) is 9.21. The van der Waals surface area contributed by atoms with Crippen LogP contribution in [0.1, 0.15) is 65.8 Å². The molecule has 1 amide bonds. The highest BCUT2D eigenvalue weighted by Gasteiger charge is 2.37. The van der Waals surface area contributed by atoms with Gasteiger partial charge < -0.3 is 4.90 Å². The van der Waals surface area contributed by atoms with Gasteiger partial charge in [-0.15, -0.1) is 0 Å². The van der Waals surface area contributed by atoms with E-state index in [-0.39, 0.29) is 28.2 Å². The normalized spacial score (nSPS) is 18.6. The van der Waals surface area contributed by atoms with Gasteiger partial charge in [0, 0.05) is 37.0 Å². The lowest BCUT2D eigenvalue weighted by Crippen LogP contribution is -2.42. The summed E-state index contributed by atoms with van der Waals surface area (Å²) in [5.74, 6) is -0.222. The first-order valence-electron chi connectivity index (χ1n) is 10.0. The van der Waals surface area contributed by atoms with Crippen LogP contribution in [-0.4, -0.2) is 34.2 Å². The summed E-state index contributed by atoms with van der Waals surface area (Å²) in [4.78, 5) is 41.5. The van der Waals surface area contributed by atoms with Crippen LogP contribution in [0.4, 0.5) is 0 Å². The van der Waals surface area contributed by atoms with Crippen molar-refractivity contribution in [2.45, 2.75) is 46.0 Å². The lowest BCUT2D eigenvalue weighted by molar-refractivity contribution is 0.0719. The van der Waals surface area contributed by atoms with Crippen LogP contribution in [0.15, 0.2) is 41.3 Å². The number of carbonyl (C=O) groups excluding carboxylic acids is 2. The van der Waals surface area contributed by atoms with Crippen molar-refractivity contribution in [3.63, 3.8) is 0 Å². The van der Waals surface area contributed by atoms with Gasteiger partial charge in [0.2, 0.25) is 0 Å². The van der Waals surface area contributed by atoms with Crippen LogP contribution >= 0.6 is 0 Å². The predicted octanol–water partition coefficient (Wildman–Crippen LogP) is 3.62. The molecule has 2 aliphatic rings. The van der Waals surface area contributed by atoms with Crippen LogP contribution in [0.3, 0.4) is 0 Å². The number of Topliss-reactive ketones (excluding diaryl/α,β-unsaturated/α-hetero) is 1. The Kier molecular flexibility index (Phi) is 4.69. The zero-order valence-corrected chi connectivity index (χ0v) is 16.5. The fourth-order valence-electron chi connectivity index (χ4n) is 4.40. The third-order valence-electron chi connectivity index (χ3n) is 5.80. The zero-order valence-electron chi connectivity index (χ0n) is 16.5. The third kappa shape index (κ3) is 3.30. The number of carbonyl (C=O) groups is 2. The summed E-state index contributed by atoms with van der Waals surface area (Å²) < 4.78 is 1.46. The van der Waals surface area contributed by atoms with Crippen LogP contribution in [0.25, 0.3) is 5.69 Å². The van der Waals surface area contributed by atoms with Crippen LogP contribution in [0, 0.1) is 5.41 Å². The van der Waals surface area contributed by atoms with Crippen molar-refractivity contribution >= 4 is 11.7 Å². The number of benzene rings is 1. The molecule has 0 unspecified atom stereocenters. The quantitative estimate of drug-likeness (QED) is 0.802. The van der Waals surface area contributed by atoms with E-state index in [9.17, 15) is 14.4 Å². The van der Waals surface area contributed by atoms with Gasteiger partial charge in [0.15, 0.2) is 5.78 Å². The fraction of sp³-hybridized carbons (Fsp3) is 0.435. The average molecular weight is 378 g/mol. The Morgan fingerprint density at radius 1 is 0.964 bits per heavy atom. The predicted molar refractivity (Wildman–Crippen MR) is 108 cm³/mol. The molecule has 0 bridgehead atoms. The monoisotopic (exact) mass is 378 g/mol. The lowest BCUT2D eigenvalue weighted by atomic mass is 9.73. The summed E-state index contributed by atoms with van der Waals surface area (Å²) >= 11 is 0. The molecule has 0 atom stereocenters. The highest BCUT2D eigenvalue weighted by atomic mass is 16.2. The Bertz CT molecular complexity index is 983. The molecule has 146 valence electrons. The minimum Gasteiger partial charge on any atom is -0.338 e. The third-order valence-corrected chi connectivity index (χ3v) is 5.80. The Hall–Kier alpha value is -2.69. The van der Waals surface area contributed by atoms with E-state index < -0.39 is 0 Å². The van der Waals surface area contributed by atoms with Gasteiger partial charge in [-0.25, -0.2) is 0 Å². The zero-order chi connectivity index (χ0) is 19.9. The maximum absolute atomic E-state index is 13.4. The molecule has 0 saturated carbocycles. The molecule has 1 fully saturated rings. The number of para-hydroxylation sites is 1. The molecule has 4 rings (SSSR count). The van der Waals surface area contributed by atoms with Crippen molar-refractivity contribution < 1.29 is 9.59 Å². The van der Waals surface area contributed by atoms with Crippen molar-refractivity contribution in [3.8, 4) is 5.69 Å². The van der Waals surface area contributed by atoms with Crippen LogP contribution in [-0.2, 0) is 6.42 Å². The number of ketones is 1. The Balaban J connectivity index is 1.94. The van der Waals surface area contributed by atoms with E-state index >= 15 is 0 Å². The van der Waals surface area contributed by atoms with E-state index in [1.54, 1.807) is 11.1 Å². The molecular formula is C23H26N2O3. The van der Waals surface area contributed by atoms with Gasteiger partial charge in [-0.1, -0.05) is 32.0 Å². The van der Waals surface area contributed by atoms with Gasteiger partial charge in [-0.3, -0.25) is 19.0 Å². The fourth-order valence-corrected chi connectivity index (χ4v) is 4.40. The highest BCUT2D eigenvalue weighted by molar-refractivity contribution is 6.04. The maximum Gasteiger partial charge on any atom is 0.268 e. The van der Waals surface area contributed by atoms with Gasteiger partial charge in [-0.05, 0) is 48.8 Å². The second-order valence-corrected chi connectivity index (χ2v) is 8.70. The second-order valence-electron chi connectivity index (χ2n) is 8.70. The molecule has 5 nitrogen and oxygen atoms in total. The Morgan fingerprint density at radius 2 is 1.64 bits per heavy atom. The van der Waals surface area contributed by atoms with E-state index in [4.69, 9.17) is 0 Å². The number of aromatic nitrogens is 1. The highest BCUT2D eigenvalue weighted by Crippen LogP contribution is 2.36. The molecule has 28 heavy (non-hydrogen) atoms. The SMILES string of the molecule is CC1(C)CC(=O)c2cn(-c3ccccc3)c(=O)c(C(=O)N3CCCCC3)c2C1. The van der Waals surface area contributed by atoms with E-state index in [0.717, 1.165) is 19.3 Å². The van der Waals surface area contributed by atoms with Crippen molar-refractivity contribution in [2.75, 3.05) is 13.1 Å². The maximum atomic E-state index is 13.4. The number of amides is 1. The van der Waals surface area contributed by atoms with Crippen molar-refractivity contribution in [3.05, 3.63) is 63.6 Å². The second kappa shape index (κ2) is 7.04. The number of hydrogen-bond acceptors (Lipinski definition) is 3. The number of likely N-dealkylation sites (tertiary alicyclic amines) is 1. The summed E-state index contributed by atoms with van der Waals surface area (Å²) in [5, 5.41) is 0. The van der Waals surface area contributed by atoms with Gasteiger partial charge in [0.1, 0.15) is 5.56 Å². The standard InChI is InChI=1S/C23H26N2O3/c1-23(2)13-17-18(19(26)14-23)15-25(16-9-5-3-6-10-16)22(28)20(17)21(27)24-11-7-4-8-12-24/h3,5-6,9-10,15H,4,7-8,11-14H2,1-2H3. The number of piperidine rings is 1. The van der Waals surface area contributed by atoms with Gasteiger partial charge in [0.05, 0.1) is 0 Å². The number of nitrogens with zero attached hydrogens (tertiary/aromatic N) is 2. The topological polar surface area (TPSA) is 59.4 Å². The molecule has 1 aliphatic heterocycles. The Labute approximate surface area is 165 Å². The van der Waals surface area contributed by atoms with Crippen molar-refractivity contribution in [1.29, 1.82) is 0 Å². The van der Waals surface area contributed by atoms with E-state index in [0.29, 0.717) is 42.7 Å². The van der Waals surface area contributed by atoms with E-state index in [1.807, 2.05) is 44.2 Å². The lowest BCUT2D eigenvalue weighted by Gasteiger charge is -2.33. The summed E-state index contributed by atoms with van der Waals surface area (Å²) in [6.45, 7) is 5.38. The number of fused-ring (bicyclic) bond motifs is 1. The molecule has 1 saturated heterocycles. The molecule has 1 aliphatic carbocycles. The summed E-state index contributed by atoms with van der Waals surface area (Å²) in [5.41, 5.74) is 1.42. The van der Waals surface area contributed by atoms with Crippen LogP contribution in [0.2, 0.25) is 0 Å². The number of hydrogen-bond donors (Lipinski definition) is 0. The minimum atomic E-state index is -0.328. The first-order chi connectivity index (χ1) is 13.4. The van der Waals surface area contributed by atoms with Gasteiger partial charge >= 0.3 is 0 Å². The van der Waals surface area contributed by atoms with Gasteiger partial charge in [-0.2, -0.15) is 0 Å². The molecule has 2 aromatic rings. The molecule has 1 aromatic carbocycles. The molecule has 1 aromatic heterocycles. The van der Waals surface area contributed by atoms with Crippen molar-refractivity contribution in [2.24, 2.45) is 5.41 Å². The number of rotatable bonds is 2. The largest absolute Gasteiger partial charge is 0.338 e. The minimum absolute atomic E-state index is 0.00336. The van der Waals surface area contributed by atoms with E-state index in [1.165, 1.54) is 4.57 Å². The average Bonchev–Trinajstić information content (AvgIpc) is 2.68. The van der Waals surface area contributed by atoms with Crippen LogP contribution < -0.4 is 5.56 Å². The first kappa shape index (κ1) is 18.7. The first-order valence-corrected chi connectivity index (χ1v) is 10.0. The molecule has 2 heterocycles. The molecule has 0 N–H and O–H groups in total. The van der Waals surface area contributed by atoms with E-state index in [2.05, 4.69) is 0 Å². The molecule has 0 spiro atoms. The molecule has 5 heteroatoms. The van der Waals surface area contributed by atoms with Gasteiger partial charge in [0.25, 0.3) is 11.5 Å².